The Kier molecular flexibility index (Phi) is 6.24. The summed E-state index contributed by atoms with van der Waals surface area (Å²) in [6, 6.07) is 16.1. The van der Waals surface area contributed by atoms with Crippen LogP contribution in [0.3, 0.4) is 0 Å². The predicted molar refractivity (Wildman–Crippen MR) is 105 cm³/mol. The number of benzene rings is 2. The highest BCUT2D eigenvalue weighted by Crippen LogP contribution is 2.17. The molecule has 8 heteroatoms. The number of thiocarbonyl (C=S) groups is 1. The third kappa shape index (κ3) is 5.09. The lowest BCUT2D eigenvalue weighted by Gasteiger charge is -2.13. The predicted octanol–water partition coefficient (Wildman–Crippen LogP) is 2.65. The Morgan fingerprint density at radius 3 is 2.40 bits per heavy atom. The fraction of sp³-hybridized carbons (Fsp3) is 0.176. The molecule has 2 N–H and O–H groups in total. The van der Waals surface area contributed by atoms with Crippen LogP contribution in [0.2, 0.25) is 0 Å². The minimum absolute atomic E-state index is 0.189. The normalized spacial score (nSPS) is 12.1. The van der Waals surface area contributed by atoms with Gasteiger partial charge in [0.05, 0.1) is 10.6 Å². The number of anilines is 1. The third-order valence-electron chi connectivity index (χ3n) is 3.39. The van der Waals surface area contributed by atoms with Crippen molar-refractivity contribution in [2.45, 2.75) is 11.8 Å². The maximum atomic E-state index is 12.2. The molecule has 2 aromatic rings. The zero-order chi connectivity index (χ0) is 18.4. The van der Waals surface area contributed by atoms with Crippen molar-refractivity contribution in [3.63, 3.8) is 0 Å². The molecule has 0 aliphatic carbocycles. The van der Waals surface area contributed by atoms with Crippen LogP contribution in [0.1, 0.15) is 12.5 Å². The number of nitrogens with one attached hydrogen (secondary N) is 2. The lowest BCUT2D eigenvalue weighted by Crippen LogP contribution is -2.25. The van der Waals surface area contributed by atoms with Crippen molar-refractivity contribution in [2.75, 3.05) is 19.4 Å². The molecule has 132 valence electrons. The lowest BCUT2D eigenvalue weighted by atomic mass is 10.1. The second-order valence-corrected chi connectivity index (χ2v) is 8.00. The molecule has 0 atom stereocenters. The first-order valence-corrected chi connectivity index (χ1v) is 9.35. The first-order chi connectivity index (χ1) is 11.8. The van der Waals surface area contributed by atoms with Gasteiger partial charge in [0, 0.05) is 19.8 Å². The average molecular weight is 377 g/mol. The molecular formula is C17H20N4O2S2. The summed E-state index contributed by atoms with van der Waals surface area (Å²) < 4.78 is 25.5. The molecule has 0 aliphatic heterocycles. The van der Waals surface area contributed by atoms with Crippen molar-refractivity contribution in [3.8, 4) is 0 Å². The van der Waals surface area contributed by atoms with Crippen LogP contribution in [0.5, 0.6) is 0 Å². The second kappa shape index (κ2) is 8.19. The zero-order valence-electron chi connectivity index (χ0n) is 14.2. The fourth-order valence-corrected chi connectivity index (χ4v) is 3.09. The summed E-state index contributed by atoms with van der Waals surface area (Å²) in [5, 5.41) is 7.43. The highest BCUT2D eigenvalue weighted by molar-refractivity contribution is 7.89. The number of hydrazone groups is 1. The average Bonchev–Trinajstić information content (AvgIpc) is 2.60. The number of sulfonamides is 1. The zero-order valence-corrected chi connectivity index (χ0v) is 15.9. The minimum atomic E-state index is -3.49. The van der Waals surface area contributed by atoms with Gasteiger partial charge in [-0.25, -0.2) is 12.7 Å². The monoisotopic (exact) mass is 376 g/mol. The maximum absolute atomic E-state index is 12.2. The molecule has 0 saturated heterocycles. The standard InChI is InChI=1S/C17H20N4O2S2/c1-13(14-8-5-4-6-9-14)19-20-17(24)18-15-10-7-11-16(12-15)25(22,23)21(2)3/h4-12H,1-3H3,(H2,18,20,24)/b19-13+. The molecule has 0 spiro atoms. The van der Waals surface area contributed by atoms with Crippen molar-refractivity contribution < 1.29 is 8.42 Å². The van der Waals surface area contributed by atoms with E-state index in [4.69, 9.17) is 12.2 Å². The summed E-state index contributed by atoms with van der Waals surface area (Å²) in [7, 11) is -0.517. The molecule has 2 rings (SSSR count). The molecule has 0 bridgehead atoms. The molecule has 0 saturated carbocycles. The van der Waals surface area contributed by atoms with Gasteiger partial charge in [0.15, 0.2) is 5.11 Å². The highest BCUT2D eigenvalue weighted by atomic mass is 32.2. The summed E-state index contributed by atoms with van der Waals surface area (Å²) in [5.41, 5.74) is 5.09. The van der Waals surface area contributed by atoms with Gasteiger partial charge < -0.3 is 5.32 Å². The van der Waals surface area contributed by atoms with E-state index in [1.165, 1.54) is 26.2 Å². The van der Waals surface area contributed by atoms with Gasteiger partial charge in [-0.15, -0.1) is 0 Å². The SMILES string of the molecule is C/C(=N\NC(=S)Nc1cccc(S(=O)(=O)N(C)C)c1)c1ccccc1. The summed E-state index contributed by atoms with van der Waals surface area (Å²) in [6.45, 7) is 1.87. The van der Waals surface area contributed by atoms with Gasteiger partial charge in [0.1, 0.15) is 0 Å². The van der Waals surface area contributed by atoms with Crippen LogP contribution < -0.4 is 10.7 Å². The van der Waals surface area contributed by atoms with E-state index in [-0.39, 0.29) is 10.0 Å². The smallest absolute Gasteiger partial charge is 0.242 e. The van der Waals surface area contributed by atoms with Gasteiger partial charge in [-0.3, -0.25) is 5.43 Å². The van der Waals surface area contributed by atoms with Gasteiger partial charge in [0.2, 0.25) is 10.0 Å². The summed E-state index contributed by atoms with van der Waals surface area (Å²) in [4.78, 5) is 0.189. The molecular weight excluding hydrogens is 356 g/mol. The molecule has 2 aromatic carbocycles. The van der Waals surface area contributed by atoms with E-state index in [1.54, 1.807) is 12.1 Å². The molecule has 0 aliphatic rings. The van der Waals surface area contributed by atoms with Crippen LogP contribution in [0.15, 0.2) is 64.6 Å². The Morgan fingerprint density at radius 2 is 1.76 bits per heavy atom. The molecule has 0 amide bonds. The largest absolute Gasteiger partial charge is 0.331 e. The molecule has 0 aromatic heterocycles. The highest BCUT2D eigenvalue weighted by Gasteiger charge is 2.17. The number of hydrogen-bond donors (Lipinski definition) is 2. The quantitative estimate of drug-likeness (QED) is 0.477. The number of nitrogens with zero attached hydrogens (tertiary/aromatic N) is 2. The molecule has 25 heavy (non-hydrogen) atoms. The minimum Gasteiger partial charge on any atom is -0.331 e. The van der Waals surface area contributed by atoms with E-state index < -0.39 is 10.0 Å². The molecule has 0 fully saturated rings. The molecule has 0 heterocycles. The molecule has 0 radical (unpaired) electrons. The Bertz CT molecular complexity index is 879. The first kappa shape index (κ1) is 19.0. The first-order valence-electron chi connectivity index (χ1n) is 7.50. The Morgan fingerprint density at radius 1 is 1.08 bits per heavy atom. The fourth-order valence-electron chi connectivity index (χ4n) is 1.98. The summed E-state index contributed by atoms with van der Waals surface area (Å²) in [6.07, 6.45) is 0. The number of rotatable bonds is 5. The van der Waals surface area contributed by atoms with Crippen LogP contribution in [0, 0.1) is 0 Å². The van der Waals surface area contributed by atoms with Crippen LogP contribution in [0.4, 0.5) is 5.69 Å². The Hall–Kier alpha value is -2.29. The molecule has 6 nitrogen and oxygen atoms in total. The van der Waals surface area contributed by atoms with Gasteiger partial charge >= 0.3 is 0 Å². The van der Waals surface area contributed by atoms with Crippen LogP contribution >= 0.6 is 12.2 Å². The summed E-state index contributed by atoms with van der Waals surface area (Å²) in [5.74, 6) is 0. The second-order valence-electron chi connectivity index (χ2n) is 5.44. The Balaban J connectivity index is 2.06. The Labute approximate surface area is 153 Å². The van der Waals surface area contributed by atoms with E-state index >= 15 is 0 Å². The van der Waals surface area contributed by atoms with E-state index in [2.05, 4.69) is 15.8 Å². The number of hydrogen-bond acceptors (Lipinski definition) is 4. The van der Waals surface area contributed by atoms with Crippen molar-refractivity contribution in [1.29, 1.82) is 0 Å². The van der Waals surface area contributed by atoms with Gasteiger partial charge in [-0.1, -0.05) is 36.4 Å². The van der Waals surface area contributed by atoms with Crippen molar-refractivity contribution >= 4 is 38.8 Å². The topological polar surface area (TPSA) is 73.8 Å². The van der Waals surface area contributed by atoms with Crippen molar-refractivity contribution in [1.82, 2.24) is 9.73 Å². The van der Waals surface area contributed by atoms with Gasteiger partial charge in [0.25, 0.3) is 0 Å². The third-order valence-corrected chi connectivity index (χ3v) is 5.39. The van der Waals surface area contributed by atoms with Crippen LogP contribution in [0.25, 0.3) is 0 Å². The van der Waals surface area contributed by atoms with Crippen LogP contribution in [-0.4, -0.2) is 37.6 Å². The van der Waals surface area contributed by atoms with Gasteiger partial charge in [-0.05, 0) is 42.9 Å². The summed E-state index contributed by atoms with van der Waals surface area (Å²) >= 11 is 5.20. The van der Waals surface area contributed by atoms with E-state index in [1.807, 2.05) is 37.3 Å². The van der Waals surface area contributed by atoms with E-state index in [9.17, 15) is 8.42 Å². The molecule has 0 unspecified atom stereocenters. The maximum Gasteiger partial charge on any atom is 0.242 e. The van der Waals surface area contributed by atoms with Crippen molar-refractivity contribution in [3.05, 3.63) is 60.2 Å². The lowest BCUT2D eigenvalue weighted by molar-refractivity contribution is 0.521. The van der Waals surface area contributed by atoms with E-state index in [0.29, 0.717) is 5.69 Å². The van der Waals surface area contributed by atoms with E-state index in [0.717, 1.165) is 15.6 Å². The van der Waals surface area contributed by atoms with Crippen LogP contribution in [-0.2, 0) is 10.0 Å². The van der Waals surface area contributed by atoms with Gasteiger partial charge in [-0.2, -0.15) is 5.10 Å². The van der Waals surface area contributed by atoms with Crippen molar-refractivity contribution in [2.24, 2.45) is 5.10 Å².